The fourth-order valence-corrected chi connectivity index (χ4v) is 4.32. The number of methoxy groups -OCH3 is 1. The van der Waals surface area contributed by atoms with Crippen LogP contribution in [0, 0.1) is 0 Å². The van der Waals surface area contributed by atoms with E-state index in [9.17, 15) is 14.4 Å². The molecule has 4 aromatic carbocycles. The average molecular weight is 538 g/mol. The molecule has 0 atom stereocenters. The maximum atomic E-state index is 13.2. The van der Waals surface area contributed by atoms with E-state index in [2.05, 4.69) is 16.0 Å². The minimum atomic E-state index is -0.471. The van der Waals surface area contributed by atoms with Crippen molar-refractivity contribution >= 4 is 46.9 Å². The zero-order valence-corrected chi connectivity index (χ0v) is 22.0. The molecule has 0 fully saturated rings. The Hall–Kier alpha value is -4.82. The van der Waals surface area contributed by atoms with Gasteiger partial charge >= 0.3 is 0 Å². The van der Waals surface area contributed by atoms with E-state index >= 15 is 0 Å². The predicted octanol–water partition coefficient (Wildman–Crippen LogP) is 5.84. The Morgan fingerprint density at radius 1 is 0.769 bits per heavy atom. The molecule has 0 spiro atoms. The second kappa shape index (κ2) is 13.6. The Kier molecular flexibility index (Phi) is 9.52. The molecule has 0 heterocycles. The van der Waals surface area contributed by atoms with E-state index in [0.717, 1.165) is 10.5 Å². The Labute approximate surface area is 231 Å². The summed E-state index contributed by atoms with van der Waals surface area (Å²) in [6.45, 7) is 0. The fourth-order valence-electron chi connectivity index (χ4n) is 3.57. The summed E-state index contributed by atoms with van der Waals surface area (Å²) in [6, 6.07) is 32.3. The molecule has 0 saturated carbocycles. The van der Waals surface area contributed by atoms with Crippen molar-refractivity contribution < 1.29 is 19.1 Å². The zero-order chi connectivity index (χ0) is 27.5. The number of carbonyl (C=O) groups excluding carboxylic acids is 3. The van der Waals surface area contributed by atoms with Gasteiger partial charge in [-0.3, -0.25) is 14.4 Å². The van der Waals surface area contributed by atoms with Crippen LogP contribution in [0.4, 0.5) is 11.4 Å². The largest absolute Gasteiger partial charge is 0.497 e. The maximum absolute atomic E-state index is 13.2. The first-order valence-electron chi connectivity index (χ1n) is 12.1. The van der Waals surface area contributed by atoms with Gasteiger partial charge < -0.3 is 20.7 Å². The SMILES string of the molecule is COc1cccc(NC(=O)CSc2cccc(NC(=O)/C(=C/c3ccccc3)NC(=O)c3ccccc3)c2)c1. The highest BCUT2D eigenvalue weighted by Crippen LogP contribution is 2.23. The summed E-state index contributed by atoms with van der Waals surface area (Å²) in [5, 5.41) is 8.43. The lowest BCUT2D eigenvalue weighted by molar-refractivity contribution is -0.114. The third-order valence-electron chi connectivity index (χ3n) is 5.45. The Balaban J connectivity index is 1.42. The Bertz CT molecular complexity index is 1470. The molecule has 8 heteroatoms. The second-order valence-electron chi connectivity index (χ2n) is 8.34. The number of ether oxygens (including phenoxy) is 1. The molecule has 0 aliphatic heterocycles. The minimum absolute atomic E-state index is 0.103. The second-order valence-corrected chi connectivity index (χ2v) is 9.39. The third-order valence-corrected chi connectivity index (χ3v) is 6.45. The topological polar surface area (TPSA) is 96.5 Å². The first kappa shape index (κ1) is 27.2. The maximum Gasteiger partial charge on any atom is 0.272 e. The Morgan fingerprint density at radius 2 is 1.44 bits per heavy atom. The number of nitrogens with one attached hydrogen (secondary N) is 3. The quantitative estimate of drug-likeness (QED) is 0.175. The van der Waals surface area contributed by atoms with Crippen molar-refractivity contribution in [3.63, 3.8) is 0 Å². The smallest absolute Gasteiger partial charge is 0.272 e. The van der Waals surface area contributed by atoms with E-state index in [1.807, 2.05) is 42.5 Å². The molecule has 0 aliphatic rings. The highest BCUT2D eigenvalue weighted by Gasteiger charge is 2.15. The van der Waals surface area contributed by atoms with Crippen LogP contribution in [0.25, 0.3) is 6.08 Å². The molecule has 39 heavy (non-hydrogen) atoms. The van der Waals surface area contributed by atoms with Gasteiger partial charge in [0, 0.05) is 27.9 Å². The summed E-state index contributed by atoms with van der Waals surface area (Å²) < 4.78 is 5.19. The van der Waals surface area contributed by atoms with E-state index in [4.69, 9.17) is 4.74 Å². The van der Waals surface area contributed by atoms with Gasteiger partial charge in [-0.2, -0.15) is 0 Å². The van der Waals surface area contributed by atoms with Crippen LogP contribution in [0.1, 0.15) is 15.9 Å². The van der Waals surface area contributed by atoms with E-state index in [-0.39, 0.29) is 23.3 Å². The Morgan fingerprint density at radius 3 is 2.15 bits per heavy atom. The van der Waals surface area contributed by atoms with Crippen molar-refractivity contribution in [1.29, 1.82) is 0 Å². The van der Waals surface area contributed by atoms with Crippen molar-refractivity contribution in [2.45, 2.75) is 4.90 Å². The molecule has 0 aromatic heterocycles. The van der Waals surface area contributed by atoms with Crippen LogP contribution >= 0.6 is 11.8 Å². The number of rotatable bonds is 10. The molecule has 7 nitrogen and oxygen atoms in total. The predicted molar refractivity (Wildman–Crippen MR) is 156 cm³/mol. The molecule has 0 saturated heterocycles. The molecule has 3 amide bonds. The van der Waals surface area contributed by atoms with Crippen molar-refractivity contribution in [2.24, 2.45) is 0 Å². The van der Waals surface area contributed by atoms with Crippen LogP contribution in [-0.2, 0) is 9.59 Å². The van der Waals surface area contributed by atoms with Gasteiger partial charge in [0.25, 0.3) is 11.8 Å². The molecule has 4 rings (SSSR count). The number of benzene rings is 4. The van der Waals surface area contributed by atoms with E-state index in [1.54, 1.807) is 79.9 Å². The average Bonchev–Trinajstić information content (AvgIpc) is 2.97. The van der Waals surface area contributed by atoms with Crippen molar-refractivity contribution in [1.82, 2.24) is 5.32 Å². The third kappa shape index (κ3) is 8.34. The summed E-state index contributed by atoms with van der Waals surface area (Å²) in [6.07, 6.45) is 1.62. The first-order valence-corrected chi connectivity index (χ1v) is 13.1. The lowest BCUT2D eigenvalue weighted by atomic mass is 10.1. The number of anilines is 2. The monoisotopic (exact) mass is 537 g/mol. The van der Waals surface area contributed by atoms with Gasteiger partial charge in [0.15, 0.2) is 0 Å². The van der Waals surface area contributed by atoms with Crippen molar-refractivity contribution in [2.75, 3.05) is 23.5 Å². The van der Waals surface area contributed by atoms with Crippen molar-refractivity contribution in [3.8, 4) is 5.75 Å². The van der Waals surface area contributed by atoms with Crippen LogP contribution in [0.5, 0.6) is 5.75 Å². The van der Waals surface area contributed by atoms with Crippen LogP contribution < -0.4 is 20.7 Å². The van der Waals surface area contributed by atoms with Crippen LogP contribution in [0.2, 0.25) is 0 Å². The number of thioether (sulfide) groups is 1. The molecule has 4 aromatic rings. The molecule has 196 valence electrons. The fraction of sp³-hybridized carbons (Fsp3) is 0.0645. The summed E-state index contributed by atoms with van der Waals surface area (Å²) >= 11 is 1.34. The molecule has 3 N–H and O–H groups in total. The van der Waals surface area contributed by atoms with Gasteiger partial charge in [0.05, 0.1) is 12.9 Å². The lowest BCUT2D eigenvalue weighted by Crippen LogP contribution is -2.30. The molecular formula is C31H27N3O4S. The summed E-state index contributed by atoms with van der Waals surface area (Å²) in [4.78, 5) is 39.3. The lowest BCUT2D eigenvalue weighted by Gasteiger charge is -2.12. The minimum Gasteiger partial charge on any atom is -0.497 e. The summed E-state index contributed by atoms with van der Waals surface area (Å²) in [7, 11) is 1.57. The van der Waals surface area contributed by atoms with E-state index in [0.29, 0.717) is 22.7 Å². The van der Waals surface area contributed by atoms with Gasteiger partial charge in [-0.25, -0.2) is 0 Å². The number of carbonyl (C=O) groups is 3. The molecule has 0 unspecified atom stereocenters. The number of amides is 3. The van der Waals surface area contributed by atoms with Crippen LogP contribution in [0.15, 0.2) is 120 Å². The van der Waals surface area contributed by atoms with Gasteiger partial charge in [-0.05, 0) is 54.1 Å². The molecule has 0 aliphatic carbocycles. The van der Waals surface area contributed by atoms with Crippen molar-refractivity contribution in [3.05, 3.63) is 126 Å². The standard InChI is InChI=1S/C31H27N3O4S/c1-38-26-16-8-14-24(19-26)32-29(35)21-39-27-17-9-15-25(20-27)33-31(37)28(18-22-10-4-2-5-11-22)34-30(36)23-12-6-3-7-13-23/h2-20H,21H2,1H3,(H,32,35)(H,33,37)(H,34,36)/b28-18-. The van der Waals surface area contributed by atoms with Crippen LogP contribution in [0.3, 0.4) is 0 Å². The van der Waals surface area contributed by atoms with E-state index in [1.165, 1.54) is 11.8 Å². The van der Waals surface area contributed by atoms with Gasteiger partial charge in [-0.15, -0.1) is 11.8 Å². The van der Waals surface area contributed by atoms with Gasteiger partial charge in [0.2, 0.25) is 5.91 Å². The highest BCUT2D eigenvalue weighted by molar-refractivity contribution is 8.00. The van der Waals surface area contributed by atoms with E-state index < -0.39 is 5.91 Å². The number of hydrogen-bond donors (Lipinski definition) is 3. The molecule has 0 radical (unpaired) electrons. The molecular weight excluding hydrogens is 510 g/mol. The molecule has 0 bridgehead atoms. The first-order chi connectivity index (χ1) is 19.0. The van der Waals surface area contributed by atoms with Gasteiger partial charge in [-0.1, -0.05) is 60.7 Å². The van der Waals surface area contributed by atoms with Crippen LogP contribution in [-0.4, -0.2) is 30.6 Å². The zero-order valence-electron chi connectivity index (χ0n) is 21.2. The van der Waals surface area contributed by atoms with Gasteiger partial charge in [0.1, 0.15) is 11.4 Å². The normalized spacial score (nSPS) is 10.8. The highest BCUT2D eigenvalue weighted by atomic mass is 32.2. The summed E-state index contributed by atoms with van der Waals surface area (Å²) in [5.74, 6) is -0.190. The number of hydrogen-bond acceptors (Lipinski definition) is 5. The summed E-state index contributed by atoms with van der Waals surface area (Å²) in [5.41, 5.74) is 2.49.